The lowest BCUT2D eigenvalue weighted by Gasteiger charge is -2.30. The number of para-hydroxylation sites is 1. The number of carbonyl (C=O) groups excluding carboxylic acids is 1. The van der Waals surface area contributed by atoms with E-state index in [1.165, 1.54) is 12.7 Å². The Morgan fingerprint density at radius 1 is 1.47 bits per heavy atom. The van der Waals surface area contributed by atoms with E-state index in [4.69, 9.17) is 4.74 Å². The van der Waals surface area contributed by atoms with Gasteiger partial charge in [0.25, 0.3) is 0 Å². The Bertz CT molecular complexity index is 376. The molecule has 2 atom stereocenters. The maximum Gasteiger partial charge on any atom is 0.328 e. The Kier molecular flexibility index (Phi) is 2.62. The molecular weight excluding hydrogens is 190 g/mol. The molecule has 15 heavy (non-hydrogen) atoms. The average Bonchev–Trinajstić information content (AvgIpc) is 2.27. The number of rotatable bonds is 1. The molecule has 1 aromatic carbocycles. The summed E-state index contributed by atoms with van der Waals surface area (Å²) in [7, 11) is 1.43. The number of fused-ring (bicyclic) bond motifs is 1. The lowest BCUT2D eigenvalue weighted by Crippen LogP contribution is -2.40. The predicted octanol–water partition coefficient (Wildman–Crippen LogP) is 1.83. The number of hydrogen-bond acceptors (Lipinski definition) is 3. The summed E-state index contributed by atoms with van der Waals surface area (Å²) in [4.78, 5) is 11.5. The standard InChI is InChI=1S/C12H15NO2/c1-8-7-9-5-3-4-6-10(9)13-11(8)12(14)15-2/h3-6,8,11,13H,7H2,1-2H3/t8-,11+/m1/s1. The highest BCUT2D eigenvalue weighted by Gasteiger charge is 2.30. The molecule has 2 rings (SSSR count). The van der Waals surface area contributed by atoms with E-state index in [-0.39, 0.29) is 17.9 Å². The summed E-state index contributed by atoms with van der Waals surface area (Å²) in [6.07, 6.45) is 0.920. The largest absolute Gasteiger partial charge is 0.467 e. The predicted molar refractivity (Wildman–Crippen MR) is 58.7 cm³/mol. The van der Waals surface area contributed by atoms with Crippen molar-refractivity contribution in [2.75, 3.05) is 12.4 Å². The monoisotopic (exact) mass is 205 g/mol. The molecule has 1 aliphatic heterocycles. The van der Waals surface area contributed by atoms with Crippen LogP contribution in [-0.2, 0) is 16.0 Å². The smallest absolute Gasteiger partial charge is 0.328 e. The summed E-state index contributed by atoms with van der Waals surface area (Å²) >= 11 is 0. The Morgan fingerprint density at radius 3 is 2.93 bits per heavy atom. The number of nitrogens with one attached hydrogen (secondary N) is 1. The summed E-state index contributed by atoms with van der Waals surface area (Å²) in [5.74, 6) is 0.0874. The fourth-order valence-corrected chi connectivity index (χ4v) is 2.03. The minimum atomic E-state index is -0.218. The van der Waals surface area contributed by atoms with Crippen molar-refractivity contribution in [3.8, 4) is 0 Å². The van der Waals surface area contributed by atoms with Crippen LogP contribution in [0, 0.1) is 5.92 Å². The molecule has 1 aliphatic rings. The van der Waals surface area contributed by atoms with Crippen molar-refractivity contribution in [2.24, 2.45) is 5.92 Å². The van der Waals surface area contributed by atoms with Gasteiger partial charge in [-0.25, -0.2) is 4.79 Å². The average molecular weight is 205 g/mol. The highest BCUT2D eigenvalue weighted by Crippen LogP contribution is 2.28. The molecule has 0 fully saturated rings. The summed E-state index contributed by atoms with van der Waals surface area (Å²) in [6.45, 7) is 2.06. The van der Waals surface area contributed by atoms with Gasteiger partial charge in [0.1, 0.15) is 6.04 Å². The number of esters is 1. The van der Waals surface area contributed by atoms with E-state index in [9.17, 15) is 4.79 Å². The van der Waals surface area contributed by atoms with E-state index in [1.807, 2.05) is 18.2 Å². The van der Waals surface area contributed by atoms with Crippen LogP contribution >= 0.6 is 0 Å². The summed E-state index contributed by atoms with van der Waals surface area (Å²) in [6, 6.07) is 7.86. The highest BCUT2D eigenvalue weighted by molar-refractivity contribution is 5.81. The van der Waals surface area contributed by atoms with Crippen LogP contribution < -0.4 is 5.32 Å². The number of hydrogen-bond donors (Lipinski definition) is 1. The first-order valence-electron chi connectivity index (χ1n) is 5.14. The molecule has 0 aliphatic carbocycles. The van der Waals surface area contributed by atoms with Gasteiger partial charge in [-0.05, 0) is 24.0 Å². The van der Waals surface area contributed by atoms with Gasteiger partial charge in [0.15, 0.2) is 0 Å². The van der Waals surface area contributed by atoms with Gasteiger partial charge in [-0.2, -0.15) is 0 Å². The maximum atomic E-state index is 11.5. The van der Waals surface area contributed by atoms with E-state index < -0.39 is 0 Å². The minimum absolute atomic E-state index is 0.183. The zero-order chi connectivity index (χ0) is 10.8. The molecule has 0 aromatic heterocycles. The first-order chi connectivity index (χ1) is 7.22. The molecule has 1 N–H and O–H groups in total. The summed E-state index contributed by atoms with van der Waals surface area (Å²) in [5, 5.41) is 3.22. The van der Waals surface area contributed by atoms with Crippen LogP contribution in [0.3, 0.4) is 0 Å². The second-order valence-electron chi connectivity index (χ2n) is 3.98. The van der Waals surface area contributed by atoms with Gasteiger partial charge in [-0.1, -0.05) is 25.1 Å². The molecule has 0 bridgehead atoms. The van der Waals surface area contributed by atoms with Crippen LogP contribution in [0.2, 0.25) is 0 Å². The second kappa shape index (κ2) is 3.93. The zero-order valence-corrected chi connectivity index (χ0v) is 8.99. The second-order valence-corrected chi connectivity index (χ2v) is 3.98. The Morgan fingerprint density at radius 2 is 2.20 bits per heavy atom. The molecule has 0 unspecified atom stereocenters. The van der Waals surface area contributed by atoms with E-state index >= 15 is 0 Å². The van der Waals surface area contributed by atoms with Crippen LogP contribution in [-0.4, -0.2) is 19.1 Å². The third-order valence-electron chi connectivity index (χ3n) is 2.89. The Hall–Kier alpha value is -1.51. The number of anilines is 1. The fraction of sp³-hybridized carbons (Fsp3) is 0.417. The Labute approximate surface area is 89.4 Å². The van der Waals surface area contributed by atoms with Crippen molar-refractivity contribution in [3.05, 3.63) is 29.8 Å². The van der Waals surface area contributed by atoms with Gasteiger partial charge in [-0.3, -0.25) is 0 Å². The first kappa shape index (κ1) is 10.0. The SMILES string of the molecule is COC(=O)[C@H]1Nc2ccccc2C[C@H]1C. The topological polar surface area (TPSA) is 38.3 Å². The first-order valence-corrected chi connectivity index (χ1v) is 5.14. The Balaban J connectivity index is 2.25. The fourth-order valence-electron chi connectivity index (χ4n) is 2.03. The third-order valence-corrected chi connectivity index (χ3v) is 2.89. The number of ether oxygens (including phenoxy) is 1. The van der Waals surface area contributed by atoms with Gasteiger partial charge < -0.3 is 10.1 Å². The number of carbonyl (C=O) groups is 1. The van der Waals surface area contributed by atoms with Crippen molar-refractivity contribution < 1.29 is 9.53 Å². The maximum absolute atomic E-state index is 11.5. The minimum Gasteiger partial charge on any atom is -0.467 e. The molecule has 80 valence electrons. The van der Waals surface area contributed by atoms with Crippen LogP contribution in [0.1, 0.15) is 12.5 Å². The van der Waals surface area contributed by atoms with E-state index in [0.29, 0.717) is 0 Å². The quantitative estimate of drug-likeness (QED) is 0.711. The van der Waals surface area contributed by atoms with Gasteiger partial charge in [0.05, 0.1) is 7.11 Å². The lowest BCUT2D eigenvalue weighted by molar-refractivity contribution is -0.142. The van der Waals surface area contributed by atoms with Crippen LogP contribution in [0.15, 0.2) is 24.3 Å². The van der Waals surface area contributed by atoms with Crippen molar-refractivity contribution in [3.63, 3.8) is 0 Å². The highest BCUT2D eigenvalue weighted by atomic mass is 16.5. The molecule has 1 heterocycles. The summed E-state index contributed by atoms with van der Waals surface area (Å²) < 4.78 is 4.77. The van der Waals surface area contributed by atoms with Crippen LogP contribution in [0.5, 0.6) is 0 Å². The number of benzene rings is 1. The van der Waals surface area contributed by atoms with Crippen LogP contribution in [0.4, 0.5) is 5.69 Å². The molecular formula is C12H15NO2. The van der Waals surface area contributed by atoms with Crippen molar-refractivity contribution in [2.45, 2.75) is 19.4 Å². The van der Waals surface area contributed by atoms with Crippen molar-refractivity contribution in [1.82, 2.24) is 0 Å². The molecule has 3 nitrogen and oxygen atoms in total. The third kappa shape index (κ3) is 1.82. The molecule has 1 aromatic rings. The van der Waals surface area contributed by atoms with E-state index in [1.54, 1.807) is 0 Å². The van der Waals surface area contributed by atoms with Crippen molar-refractivity contribution in [1.29, 1.82) is 0 Å². The van der Waals surface area contributed by atoms with E-state index in [2.05, 4.69) is 18.3 Å². The van der Waals surface area contributed by atoms with Gasteiger partial charge in [0, 0.05) is 5.69 Å². The summed E-state index contributed by atoms with van der Waals surface area (Å²) in [5.41, 5.74) is 2.32. The zero-order valence-electron chi connectivity index (χ0n) is 8.99. The molecule has 0 spiro atoms. The van der Waals surface area contributed by atoms with Crippen LogP contribution in [0.25, 0.3) is 0 Å². The van der Waals surface area contributed by atoms with Crippen molar-refractivity contribution >= 4 is 11.7 Å². The molecule has 0 amide bonds. The van der Waals surface area contributed by atoms with E-state index in [0.717, 1.165) is 12.1 Å². The molecule has 0 saturated heterocycles. The lowest BCUT2D eigenvalue weighted by atomic mass is 9.89. The molecule has 3 heteroatoms. The normalized spacial score (nSPS) is 23.9. The molecule has 0 radical (unpaired) electrons. The van der Waals surface area contributed by atoms with Gasteiger partial charge in [-0.15, -0.1) is 0 Å². The molecule has 0 saturated carbocycles. The van der Waals surface area contributed by atoms with Gasteiger partial charge >= 0.3 is 5.97 Å². The number of methoxy groups -OCH3 is 1. The van der Waals surface area contributed by atoms with Gasteiger partial charge in [0.2, 0.25) is 0 Å².